The Morgan fingerprint density at radius 2 is 1.80 bits per heavy atom. The van der Waals surface area contributed by atoms with Gasteiger partial charge in [0.2, 0.25) is 5.91 Å². The van der Waals surface area contributed by atoms with Crippen molar-refractivity contribution in [1.29, 1.82) is 0 Å². The molecule has 2 aromatic carbocycles. The lowest BCUT2D eigenvalue weighted by atomic mass is 10.2. The van der Waals surface area contributed by atoms with E-state index in [2.05, 4.69) is 15.8 Å². The van der Waals surface area contributed by atoms with Crippen LogP contribution in [0, 0.1) is 0 Å². The number of amides is 2. The average molecular weight is 413 g/mol. The first kappa shape index (κ1) is 21.0. The van der Waals surface area contributed by atoms with Crippen LogP contribution in [-0.4, -0.2) is 45.0 Å². The molecule has 2 amide bonds. The second-order valence-electron chi connectivity index (χ2n) is 6.44. The van der Waals surface area contributed by atoms with Crippen LogP contribution in [-0.2, 0) is 4.79 Å². The van der Waals surface area contributed by atoms with Gasteiger partial charge in [0.15, 0.2) is 11.5 Å². The predicted octanol–water partition coefficient (Wildman–Crippen LogP) is 2.61. The van der Waals surface area contributed by atoms with E-state index in [0.29, 0.717) is 53.2 Å². The number of carbonyl (C=O) groups excluding carboxylic acids is 2. The summed E-state index contributed by atoms with van der Waals surface area (Å²) in [6, 6.07) is 10.0. The number of rotatable bonds is 7. The SMILES string of the molecule is COc1ccc(C(=O)NN=C(C)CC(=O)Nc2ccc3c(c2)OCCO3)c(OC)c1. The number of methoxy groups -OCH3 is 2. The normalized spacial score (nSPS) is 12.7. The van der Waals surface area contributed by atoms with Gasteiger partial charge in [-0.2, -0.15) is 5.10 Å². The molecule has 0 bridgehead atoms. The summed E-state index contributed by atoms with van der Waals surface area (Å²) in [5.41, 5.74) is 3.76. The lowest BCUT2D eigenvalue weighted by Gasteiger charge is -2.19. The third-order valence-electron chi connectivity index (χ3n) is 4.24. The van der Waals surface area contributed by atoms with Gasteiger partial charge in [-0.05, 0) is 31.2 Å². The molecular formula is C21H23N3O6. The van der Waals surface area contributed by atoms with Crippen LogP contribution in [0.15, 0.2) is 41.5 Å². The van der Waals surface area contributed by atoms with E-state index in [0.717, 1.165) is 0 Å². The lowest BCUT2D eigenvalue weighted by molar-refractivity contribution is -0.115. The number of nitrogens with zero attached hydrogens (tertiary/aromatic N) is 1. The molecule has 0 spiro atoms. The van der Waals surface area contributed by atoms with Crippen molar-refractivity contribution in [2.45, 2.75) is 13.3 Å². The summed E-state index contributed by atoms with van der Waals surface area (Å²) in [5, 5.41) is 6.77. The van der Waals surface area contributed by atoms with Crippen molar-refractivity contribution >= 4 is 23.2 Å². The van der Waals surface area contributed by atoms with E-state index < -0.39 is 5.91 Å². The summed E-state index contributed by atoms with van der Waals surface area (Å²) in [5.74, 6) is 1.43. The van der Waals surface area contributed by atoms with E-state index in [9.17, 15) is 9.59 Å². The number of carbonyl (C=O) groups is 2. The van der Waals surface area contributed by atoms with Crippen molar-refractivity contribution in [3.63, 3.8) is 0 Å². The van der Waals surface area contributed by atoms with Crippen molar-refractivity contribution in [2.24, 2.45) is 5.10 Å². The van der Waals surface area contributed by atoms with Crippen LogP contribution in [0.2, 0.25) is 0 Å². The van der Waals surface area contributed by atoms with E-state index in [1.807, 2.05) is 0 Å². The highest BCUT2D eigenvalue weighted by molar-refractivity contribution is 6.06. The van der Waals surface area contributed by atoms with Gasteiger partial charge >= 0.3 is 0 Å². The van der Waals surface area contributed by atoms with E-state index in [4.69, 9.17) is 18.9 Å². The fraction of sp³-hybridized carbons (Fsp3) is 0.286. The fourth-order valence-corrected chi connectivity index (χ4v) is 2.79. The van der Waals surface area contributed by atoms with E-state index in [1.54, 1.807) is 43.3 Å². The number of hydrogen-bond acceptors (Lipinski definition) is 7. The minimum absolute atomic E-state index is 0.00840. The third kappa shape index (κ3) is 5.19. The number of nitrogens with one attached hydrogen (secondary N) is 2. The molecule has 1 heterocycles. The van der Waals surface area contributed by atoms with Crippen LogP contribution in [0.3, 0.4) is 0 Å². The Morgan fingerprint density at radius 3 is 2.53 bits per heavy atom. The van der Waals surface area contributed by atoms with Crippen molar-refractivity contribution < 1.29 is 28.5 Å². The van der Waals surface area contributed by atoms with E-state index in [-0.39, 0.29) is 12.3 Å². The van der Waals surface area contributed by atoms with Gasteiger partial charge in [0.1, 0.15) is 24.7 Å². The highest BCUT2D eigenvalue weighted by atomic mass is 16.6. The van der Waals surface area contributed by atoms with Crippen molar-refractivity contribution in [3.8, 4) is 23.0 Å². The smallest absolute Gasteiger partial charge is 0.275 e. The standard InChI is InChI=1S/C21H23N3O6/c1-13(23-24-21(26)16-6-5-15(27-2)12-18(16)28-3)10-20(25)22-14-4-7-17-19(11-14)30-9-8-29-17/h4-7,11-12H,8-10H2,1-3H3,(H,22,25)(H,24,26). The zero-order valence-electron chi connectivity index (χ0n) is 17.0. The van der Waals surface area contributed by atoms with Gasteiger partial charge < -0.3 is 24.3 Å². The largest absolute Gasteiger partial charge is 0.497 e. The number of benzene rings is 2. The molecule has 1 aliphatic rings. The minimum Gasteiger partial charge on any atom is -0.497 e. The molecule has 158 valence electrons. The first-order valence-electron chi connectivity index (χ1n) is 9.25. The molecule has 0 aromatic heterocycles. The van der Waals surface area contributed by atoms with Gasteiger partial charge in [0.05, 0.1) is 26.2 Å². The molecule has 0 atom stereocenters. The second kappa shape index (κ2) is 9.64. The molecule has 3 rings (SSSR count). The predicted molar refractivity (Wildman–Crippen MR) is 111 cm³/mol. The Bertz CT molecular complexity index is 973. The van der Waals surface area contributed by atoms with Gasteiger partial charge in [-0.15, -0.1) is 0 Å². The Kier molecular flexibility index (Phi) is 6.74. The zero-order chi connectivity index (χ0) is 21.5. The number of hydrazone groups is 1. The summed E-state index contributed by atoms with van der Waals surface area (Å²) in [4.78, 5) is 24.6. The van der Waals surface area contributed by atoms with E-state index in [1.165, 1.54) is 14.2 Å². The Hall–Kier alpha value is -3.75. The topological polar surface area (TPSA) is 107 Å². The monoisotopic (exact) mass is 413 g/mol. The maximum atomic E-state index is 12.4. The molecule has 9 heteroatoms. The second-order valence-corrected chi connectivity index (χ2v) is 6.44. The third-order valence-corrected chi connectivity index (χ3v) is 4.24. The molecule has 0 fully saturated rings. The van der Waals surface area contributed by atoms with Crippen LogP contribution in [0.25, 0.3) is 0 Å². The van der Waals surface area contributed by atoms with Crippen LogP contribution in [0.5, 0.6) is 23.0 Å². The van der Waals surface area contributed by atoms with Crippen molar-refractivity contribution in [1.82, 2.24) is 5.43 Å². The Labute approximate surface area is 174 Å². The molecule has 2 aromatic rings. The highest BCUT2D eigenvalue weighted by Gasteiger charge is 2.15. The molecule has 0 unspecified atom stereocenters. The first-order valence-corrected chi connectivity index (χ1v) is 9.25. The number of fused-ring (bicyclic) bond motifs is 1. The van der Waals surface area contributed by atoms with Gasteiger partial charge in [0, 0.05) is 23.5 Å². The van der Waals surface area contributed by atoms with E-state index >= 15 is 0 Å². The molecule has 2 N–H and O–H groups in total. The summed E-state index contributed by atoms with van der Waals surface area (Å²) >= 11 is 0. The molecule has 0 saturated heterocycles. The van der Waals surface area contributed by atoms with Gasteiger partial charge in [-0.25, -0.2) is 5.43 Å². The number of anilines is 1. The number of ether oxygens (including phenoxy) is 4. The molecule has 0 aliphatic carbocycles. The lowest BCUT2D eigenvalue weighted by Crippen LogP contribution is -2.22. The van der Waals surface area contributed by atoms with Gasteiger partial charge in [0.25, 0.3) is 5.91 Å². The Morgan fingerprint density at radius 1 is 1.03 bits per heavy atom. The van der Waals surface area contributed by atoms with Gasteiger partial charge in [-0.3, -0.25) is 9.59 Å². The molecule has 30 heavy (non-hydrogen) atoms. The average Bonchev–Trinajstić information content (AvgIpc) is 2.76. The summed E-state index contributed by atoms with van der Waals surface area (Å²) < 4.78 is 21.3. The van der Waals surface area contributed by atoms with Crippen LogP contribution < -0.4 is 29.7 Å². The first-order chi connectivity index (χ1) is 14.5. The maximum Gasteiger partial charge on any atom is 0.275 e. The quantitative estimate of drug-likeness (QED) is 0.534. The van der Waals surface area contributed by atoms with Crippen LogP contribution >= 0.6 is 0 Å². The highest BCUT2D eigenvalue weighted by Crippen LogP contribution is 2.32. The molecule has 1 aliphatic heterocycles. The molecular weight excluding hydrogens is 390 g/mol. The summed E-state index contributed by atoms with van der Waals surface area (Å²) in [7, 11) is 2.99. The number of hydrogen-bond donors (Lipinski definition) is 2. The molecule has 9 nitrogen and oxygen atoms in total. The Balaban J connectivity index is 1.57. The molecule has 0 saturated carbocycles. The van der Waals surface area contributed by atoms with Crippen LogP contribution in [0.1, 0.15) is 23.7 Å². The maximum absolute atomic E-state index is 12.4. The van der Waals surface area contributed by atoms with Crippen LogP contribution in [0.4, 0.5) is 5.69 Å². The molecule has 0 radical (unpaired) electrons. The van der Waals surface area contributed by atoms with Crippen molar-refractivity contribution in [2.75, 3.05) is 32.8 Å². The summed E-state index contributed by atoms with van der Waals surface area (Å²) in [6.45, 7) is 2.62. The summed E-state index contributed by atoms with van der Waals surface area (Å²) in [6.07, 6.45) is 0.00840. The van der Waals surface area contributed by atoms with Gasteiger partial charge in [-0.1, -0.05) is 0 Å². The zero-order valence-corrected chi connectivity index (χ0v) is 17.0. The fourth-order valence-electron chi connectivity index (χ4n) is 2.79. The minimum atomic E-state index is -0.457. The van der Waals surface area contributed by atoms with Crippen molar-refractivity contribution in [3.05, 3.63) is 42.0 Å².